The van der Waals surface area contributed by atoms with E-state index in [2.05, 4.69) is 5.32 Å². The van der Waals surface area contributed by atoms with Gasteiger partial charge in [-0.3, -0.25) is 9.10 Å². The average molecular weight is 538 g/mol. The summed E-state index contributed by atoms with van der Waals surface area (Å²) in [7, 11) is -3.99. The first kappa shape index (κ1) is 26.4. The number of halogens is 2. The Morgan fingerprint density at radius 1 is 0.941 bits per heavy atom. The lowest BCUT2D eigenvalue weighted by atomic mass is 10.2. The Morgan fingerprint density at radius 3 is 2.32 bits per heavy atom. The first-order valence-corrected chi connectivity index (χ1v) is 14.0. The lowest BCUT2D eigenvalue weighted by molar-refractivity contribution is -0.119. The summed E-state index contributed by atoms with van der Waals surface area (Å²) in [4.78, 5) is 12.9. The van der Waals surface area contributed by atoms with E-state index in [0.717, 1.165) is 21.2 Å². The zero-order valence-corrected chi connectivity index (χ0v) is 22.1. The van der Waals surface area contributed by atoms with Gasteiger partial charge in [0.25, 0.3) is 10.0 Å². The maximum absolute atomic E-state index is 13.5. The van der Waals surface area contributed by atoms with E-state index < -0.39 is 15.9 Å². The molecule has 9 heteroatoms. The molecule has 0 spiro atoms. The molecule has 0 aliphatic carbocycles. The summed E-state index contributed by atoms with van der Waals surface area (Å²) in [5, 5.41) is 3.96. The molecule has 5 nitrogen and oxygen atoms in total. The summed E-state index contributed by atoms with van der Waals surface area (Å²) in [5.74, 6) is 0.997. The quantitative estimate of drug-likeness (QED) is 0.329. The topological polar surface area (TPSA) is 66.5 Å². The van der Waals surface area contributed by atoms with E-state index >= 15 is 0 Å². The molecule has 0 radical (unpaired) electrons. The third kappa shape index (κ3) is 6.69. The number of benzene rings is 3. The number of amides is 1. The number of hydrogen-bond acceptors (Lipinski definition) is 4. The second kappa shape index (κ2) is 12.0. The highest BCUT2D eigenvalue weighted by atomic mass is 35.5. The van der Waals surface area contributed by atoms with E-state index in [4.69, 9.17) is 23.2 Å². The van der Waals surface area contributed by atoms with Crippen LogP contribution >= 0.6 is 35.0 Å². The summed E-state index contributed by atoms with van der Waals surface area (Å²) >= 11 is 14.1. The number of rotatable bonds is 10. The minimum atomic E-state index is -3.99. The molecule has 3 rings (SSSR count). The summed E-state index contributed by atoms with van der Waals surface area (Å²) in [6.07, 6.45) is 0. The molecule has 1 amide bonds. The van der Waals surface area contributed by atoms with E-state index in [9.17, 15) is 13.2 Å². The van der Waals surface area contributed by atoms with Crippen molar-refractivity contribution in [3.63, 3.8) is 0 Å². The molecule has 0 aliphatic heterocycles. The Labute approximate surface area is 215 Å². The van der Waals surface area contributed by atoms with E-state index in [1.165, 1.54) is 0 Å². The molecule has 0 saturated heterocycles. The molecular weight excluding hydrogens is 511 g/mol. The molecule has 0 atom stereocenters. The van der Waals surface area contributed by atoms with Gasteiger partial charge in [0.1, 0.15) is 6.54 Å². The number of anilines is 1. The second-order valence-electron chi connectivity index (χ2n) is 7.70. The number of thioether (sulfide) groups is 1. The van der Waals surface area contributed by atoms with Crippen LogP contribution in [0.2, 0.25) is 10.0 Å². The van der Waals surface area contributed by atoms with Crippen molar-refractivity contribution in [2.24, 2.45) is 0 Å². The first-order valence-electron chi connectivity index (χ1n) is 10.6. The fraction of sp³-hybridized carbons (Fsp3) is 0.240. The van der Waals surface area contributed by atoms with Crippen molar-refractivity contribution in [3.05, 3.63) is 93.5 Å². The van der Waals surface area contributed by atoms with Gasteiger partial charge in [-0.15, -0.1) is 0 Å². The molecule has 3 aromatic carbocycles. The third-order valence-electron chi connectivity index (χ3n) is 5.19. The highest BCUT2D eigenvalue weighted by Crippen LogP contribution is 2.31. The number of carbonyl (C=O) groups is 1. The summed E-state index contributed by atoms with van der Waals surface area (Å²) in [6.45, 7) is 3.67. The smallest absolute Gasteiger partial charge is 0.264 e. The fourth-order valence-electron chi connectivity index (χ4n) is 3.25. The van der Waals surface area contributed by atoms with Crippen LogP contribution in [0.1, 0.15) is 16.7 Å². The standard InChI is InChI=1S/C25H26Cl2N2O3S2/c1-18-10-12-21(13-11-18)34(31,32)29(24-9-5-8-22(26)19(24)2)16-25(30)28-14-15-33-17-20-6-3-4-7-23(20)27/h3-13H,14-17H2,1-2H3,(H,28,30). The van der Waals surface area contributed by atoms with Crippen molar-refractivity contribution < 1.29 is 13.2 Å². The molecule has 0 saturated carbocycles. The number of nitrogens with zero attached hydrogens (tertiary/aromatic N) is 1. The third-order valence-corrected chi connectivity index (χ3v) is 8.75. The van der Waals surface area contributed by atoms with Gasteiger partial charge in [-0.2, -0.15) is 11.8 Å². The van der Waals surface area contributed by atoms with Gasteiger partial charge in [-0.05, 0) is 55.3 Å². The molecular formula is C25H26Cl2N2O3S2. The van der Waals surface area contributed by atoms with Crippen LogP contribution in [0, 0.1) is 13.8 Å². The molecule has 0 heterocycles. The van der Waals surface area contributed by atoms with Crippen LogP contribution in [0.25, 0.3) is 0 Å². The van der Waals surface area contributed by atoms with Crippen molar-refractivity contribution in [3.8, 4) is 0 Å². The van der Waals surface area contributed by atoms with Crippen LogP contribution in [0.4, 0.5) is 5.69 Å². The van der Waals surface area contributed by atoms with Gasteiger partial charge >= 0.3 is 0 Å². The maximum Gasteiger partial charge on any atom is 0.264 e. The number of nitrogens with one attached hydrogen (secondary N) is 1. The predicted octanol–water partition coefficient (Wildman–Crippen LogP) is 5.86. The van der Waals surface area contributed by atoms with Gasteiger partial charge in [0.05, 0.1) is 10.6 Å². The molecule has 180 valence electrons. The highest BCUT2D eigenvalue weighted by molar-refractivity contribution is 7.98. The van der Waals surface area contributed by atoms with Crippen LogP contribution in [-0.4, -0.2) is 33.2 Å². The Hall–Kier alpha value is -2.19. The number of carbonyl (C=O) groups excluding carboxylic acids is 1. The van der Waals surface area contributed by atoms with Crippen LogP contribution in [-0.2, 0) is 20.6 Å². The molecule has 1 N–H and O–H groups in total. The van der Waals surface area contributed by atoms with E-state index in [1.54, 1.807) is 61.2 Å². The molecule has 3 aromatic rings. The molecule has 0 fully saturated rings. The van der Waals surface area contributed by atoms with Crippen molar-refractivity contribution in [1.29, 1.82) is 0 Å². The maximum atomic E-state index is 13.5. The second-order valence-corrected chi connectivity index (χ2v) is 11.5. The zero-order valence-electron chi connectivity index (χ0n) is 18.9. The SMILES string of the molecule is Cc1ccc(S(=O)(=O)N(CC(=O)NCCSCc2ccccc2Cl)c2cccc(Cl)c2C)cc1. The summed E-state index contributed by atoms with van der Waals surface area (Å²) < 4.78 is 28.1. The van der Waals surface area contributed by atoms with E-state index in [-0.39, 0.29) is 11.4 Å². The van der Waals surface area contributed by atoms with Crippen molar-refractivity contribution >= 4 is 56.6 Å². The zero-order chi connectivity index (χ0) is 24.7. The van der Waals surface area contributed by atoms with Gasteiger partial charge in [0.15, 0.2) is 0 Å². The van der Waals surface area contributed by atoms with E-state index in [0.29, 0.717) is 33.6 Å². The number of hydrogen-bond donors (Lipinski definition) is 1. The van der Waals surface area contributed by atoms with Crippen molar-refractivity contribution in [1.82, 2.24) is 5.32 Å². The Balaban J connectivity index is 1.70. The van der Waals surface area contributed by atoms with Gasteiger partial charge in [0.2, 0.25) is 5.91 Å². The average Bonchev–Trinajstić information content (AvgIpc) is 2.80. The van der Waals surface area contributed by atoms with Gasteiger partial charge in [-0.25, -0.2) is 8.42 Å². The minimum Gasteiger partial charge on any atom is -0.354 e. The van der Waals surface area contributed by atoms with Crippen LogP contribution in [0.5, 0.6) is 0 Å². The van der Waals surface area contributed by atoms with Crippen molar-refractivity contribution in [2.45, 2.75) is 24.5 Å². The lowest BCUT2D eigenvalue weighted by Crippen LogP contribution is -2.41. The first-order chi connectivity index (χ1) is 16.2. The van der Waals surface area contributed by atoms with Gasteiger partial charge in [-0.1, -0.05) is 65.2 Å². The minimum absolute atomic E-state index is 0.112. The fourth-order valence-corrected chi connectivity index (χ4v) is 6.04. The van der Waals surface area contributed by atoms with Crippen LogP contribution < -0.4 is 9.62 Å². The largest absolute Gasteiger partial charge is 0.354 e. The molecule has 0 aliphatic rings. The van der Waals surface area contributed by atoms with E-state index in [1.807, 2.05) is 31.2 Å². The molecule has 0 bridgehead atoms. The summed E-state index contributed by atoms with van der Waals surface area (Å²) in [5.41, 5.74) is 2.93. The Kier molecular flexibility index (Phi) is 9.31. The molecule has 0 aromatic heterocycles. The number of aryl methyl sites for hydroxylation is 1. The molecule has 34 heavy (non-hydrogen) atoms. The van der Waals surface area contributed by atoms with Gasteiger partial charge < -0.3 is 5.32 Å². The Bertz CT molecular complexity index is 1250. The Morgan fingerprint density at radius 2 is 1.62 bits per heavy atom. The van der Waals surface area contributed by atoms with Gasteiger partial charge in [0, 0.05) is 28.1 Å². The normalized spacial score (nSPS) is 11.3. The van der Waals surface area contributed by atoms with Crippen LogP contribution in [0.15, 0.2) is 71.6 Å². The predicted molar refractivity (Wildman–Crippen MR) is 143 cm³/mol. The molecule has 0 unspecified atom stereocenters. The number of sulfonamides is 1. The lowest BCUT2D eigenvalue weighted by Gasteiger charge is -2.26. The van der Waals surface area contributed by atoms with Crippen molar-refractivity contribution in [2.75, 3.05) is 23.1 Å². The monoisotopic (exact) mass is 536 g/mol. The van der Waals surface area contributed by atoms with Crippen LogP contribution in [0.3, 0.4) is 0 Å². The summed E-state index contributed by atoms with van der Waals surface area (Å²) in [6, 6.07) is 19.2. The highest BCUT2D eigenvalue weighted by Gasteiger charge is 2.28.